The number of carbonyl (C=O) groups is 1. The van der Waals surface area contributed by atoms with Gasteiger partial charge in [0.2, 0.25) is 0 Å². The standard InChI is InChI=1S/C14H12ClFN2O/c15-12-6-3-10(7-13(12)16)14(19)18-8-9-1-4-11(17)5-2-9/h1-7H,8,17H2,(H,18,19). The summed E-state index contributed by atoms with van der Waals surface area (Å²) in [6.45, 7) is 0.351. The molecule has 2 aromatic rings. The third-order valence-electron chi connectivity index (χ3n) is 2.61. The van der Waals surface area contributed by atoms with Crippen molar-refractivity contribution in [3.05, 3.63) is 64.4 Å². The third kappa shape index (κ3) is 3.45. The van der Waals surface area contributed by atoms with Crippen LogP contribution in [0, 0.1) is 5.82 Å². The van der Waals surface area contributed by atoms with Gasteiger partial charge in [0.25, 0.3) is 5.91 Å². The van der Waals surface area contributed by atoms with Gasteiger partial charge in [-0.2, -0.15) is 0 Å². The molecular weight excluding hydrogens is 267 g/mol. The molecule has 0 aliphatic rings. The normalized spacial score (nSPS) is 10.2. The Morgan fingerprint density at radius 3 is 2.53 bits per heavy atom. The van der Waals surface area contributed by atoms with Gasteiger partial charge in [-0.3, -0.25) is 4.79 Å². The first-order valence-corrected chi connectivity index (χ1v) is 6.02. The van der Waals surface area contributed by atoms with Crippen molar-refractivity contribution in [1.29, 1.82) is 0 Å². The molecule has 0 spiro atoms. The van der Waals surface area contributed by atoms with Gasteiger partial charge in [0.15, 0.2) is 0 Å². The van der Waals surface area contributed by atoms with Crippen LogP contribution in [0.5, 0.6) is 0 Å². The Bertz CT molecular complexity index is 599. The van der Waals surface area contributed by atoms with Gasteiger partial charge in [0.05, 0.1) is 5.02 Å². The molecule has 0 saturated carbocycles. The van der Waals surface area contributed by atoms with E-state index in [4.69, 9.17) is 17.3 Å². The highest BCUT2D eigenvalue weighted by Crippen LogP contribution is 2.15. The molecule has 0 aliphatic carbocycles. The van der Waals surface area contributed by atoms with Crippen molar-refractivity contribution < 1.29 is 9.18 Å². The lowest BCUT2D eigenvalue weighted by molar-refractivity contribution is 0.0950. The molecule has 0 heterocycles. The van der Waals surface area contributed by atoms with Crippen molar-refractivity contribution in [2.24, 2.45) is 0 Å². The van der Waals surface area contributed by atoms with Crippen LogP contribution in [0.4, 0.5) is 10.1 Å². The predicted octanol–water partition coefficient (Wildman–Crippen LogP) is 2.99. The molecule has 1 amide bonds. The minimum Gasteiger partial charge on any atom is -0.399 e. The molecule has 19 heavy (non-hydrogen) atoms. The number of carbonyl (C=O) groups excluding carboxylic acids is 1. The number of benzene rings is 2. The van der Waals surface area contributed by atoms with Crippen LogP contribution in [0.1, 0.15) is 15.9 Å². The summed E-state index contributed by atoms with van der Waals surface area (Å²) >= 11 is 5.55. The molecule has 0 bridgehead atoms. The number of halogens is 2. The molecule has 5 heteroatoms. The average molecular weight is 279 g/mol. The summed E-state index contributed by atoms with van der Waals surface area (Å²) in [7, 11) is 0. The van der Waals surface area contributed by atoms with Crippen LogP contribution < -0.4 is 11.1 Å². The molecule has 0 saturated heterocycles. The van der Waals surface area contributed by atoms with E-state index >= 15 is 0 Å². The van der Waals surface area contributed by atoms with E-state index in [1.807, 2.05) is 12.1 Å². The van der Waals surface area contributed by atoms with Gasteiger partial charge >= 0.3 is 0 Å². The summed E-state index contributed by atoms with van der Waals surface area (Å²) in [5, 5.41) is 2.69. The van der Waals surface area contributed by atoms with Crippen LogP contribution >= 0.6 is 11.6 Å². The Morgan fingerprint density at radius 2 is 1.89 bits per heavy atom. The zero-order valence-corrected chi connectivity index (χ0v) is 10.7. The Kier molecular flexibility index (Phi) is 4.02. The smallest absolute Gasteiger partial charge is 0.251 e. The highest BCUT2D eigenvalue weighted by atomic mass is 35.5. The molecule has 3 nitrogen and oxygen atoms in total. The second kappa shape index (κ2) is 5.71. The highest BCUT2D eigenvalue weighted by Gasteiger charge is 2.08. The number of hydrogen-bond acceptors (Lipinski definition) is 2. The predicted molar refractivity (Wildman–Crippen MR) is 73.4 cm³/mol. The quantitative estimate of drug-likeness (QED) is 0.848. The van der Waals surface area contributed by atoms with Gasteiger partial charge in [-0.25, -0.2) is 4.39 Å². The van der Waals surface area contributed by atoms with Crippen LogP contribution in [0.15, 0.2) is 42.5 Å². The molecule has 2 rings (SSSR count). The molecule has 0 radical (unpaired) electrons. The summed E-state index contributed by atoms with van der Waals surface area (Å²) in [6, 6.07) is 11.1. The van der Waals surface area contributed by atoms with E-state index < -0.39 is 5.82 Å². The Balaban J connectivity index is 2.01. The summed E-state index contributed by atoms with van der Waals surface area (Å²) < 4.78 is 13.2. The number of nitrogens with two attached hydrogens (primary N) is 1. The molecule has 2 aromatic carbocycles. The van der Waals surface area contributed by atoms with E-state index in [-0.39, 0.29) is 16.5 Å². The zero-order valence-electron chi connectivity index (χ0n) is 9.99. The Hall–Kier alpha value is -2.07. The van der Waals surface area contributed by atoms with Crippen molar-refractivity contribution >= 4 is 23.2 Å². The van der Waals surface area contributed by atoms with Gasteiger partial charge in [-0.15, -0.1) is 0 Å². The first-order valence-electron chi connectivity index (χ1n) is 5.64. The van der Waals surface area contributed by atoms with Gasteiger partial charge in [0.1, 0.15) is 5.82 Å². The number of rotatable bonds is 3. The van der Waals surface area contributed by atoms with E-state index in [1.165, 1.54) is 12.1 Å². The highest BCUT2D eigenvalue weighted by molar-refractivity contribution is 6.30. The Labute approximate surface area is 115 Å². The topological polar surface area (TPSA) is 55.1 Å². The number of nitrogens with one attached hydrogen (secondary N) is 1. The van der Waals surface area contributed by atoms with Crippen LogP contribution in [-0.2, 0) is 6.54 Å². The molecule has 0 atom stereocenters. The van der Waals surface area contributed by atoms with Crippen LogP contribution in [0.2, 0.25) is 5.02 Å². The summed E-state index contributed by atoms with van der Waals surface area (Å²) in [4.78, 5) is 11.8. The second-order valence-electron chi connectivity index (χ2n) is 4.05. The van der Waals surface area contributed by atoms with Crippen molar-refractivity contribution in [2.75, 3.05) is 5.73 Å². The lowest BCUT2D eigenvalue weighted by Gasteiger charge is -2.06. The minimum atomic E-state index is -0.609. The number of hydrogen-bond donors (Lipinski definition) is 2. The van der Waals surface area contributed by atoms with Crippen molar-refractivity contribution in [3.63, 3.8) is 0 Å². The van der Waals surface area contributed by atoms with E-state index in [0.717, 1.165) is 11.6 Å². The summed E-state index contributed by atoms with van der Waals surface area (Å²) in [6.07, 6.45) is 0. The first kappa shape index (κ1) is 13.4. The fourth-order valence-electron chi connectivity index (χ4n) is 1.56. The third-order valence-corrected chi connectivity index (χ3v) is 2.92. The molecule has 0 fully saturated rings. The minimum absolute atomic E-state index is 0.00455. The van der Waals surface area contributed by atoms with Gasteiger partial charge < -0.3 is 11.1 Å². The molecule has 98 valence electrons. The number of nitrogen functional groups attached to an aromatic ring is 1. The number of anilines is 1. The molecule has 3 N–H and O–H groups in total. The van der Waals surface area contributed by atoms with Crippen LogP contribution in [0.3, 0.4) is 0 Å². The zero-order chi connectivity index (χ0) is 13.8. The Morgan fingerprint density at radius 1 is 1.21 bits per heavy atom. The van der Waals surface area contributed by atoms with Crippen molar-refractivity contribution in [2.45, 2.75) is 6.54 Å². The maximum absolute atomic E-state index is 13.2. The van der Waals surface area contributed by atoms with Crippen molar-refractivity contribution in [3.8, 4) is 0 Å². The van der Waals surface area contributed by atoms with E-state index in [2.05, 4.69) is 5.32 Å². The van der Waals surface area contributed by atoms with E-state index in [0.29, 0.717) is 12.2 Å². The molecule has 0 aromatic heterocycles. The molecule has 0 aliphatic heterocycles. The fraction of sp³-hybridized carbons (Fsp3) is 0.0714. The average Bonchev–Trinajstić information content (AvgIpc) is 2.41. The number of amides is 1. The van der Waals surface area contributed by atoms with E-state index in [9.17, 15) is 9.18 Å². The molecular formula is C14H12ClFN2O. The van der Waals surface area contributed by atoms with Gasteiger partial charge in [-0.1, -0.05) is 23.7 Å². The lowest BCUT2D eigenvalue weighted by atomic mass is 10.2. The second-order valence-corrected chi connectivity index (χ2v) is 4.46. The fourth-order valence-corrected chi connectivity index (χ4v) is 1.67. The SMILES string of the molecule is Nc1ccc(CNC(=O)c2ccc(Cl)c(F)c2)cc1. The summed E-state index contributed by atoms with van der Waals surface area (Å²) in [5.41, 5.74) is 7.37. The largest absolute Gasteiger partial charge is 0.399 e. The van der Waals surface area contributed by atoms with Crippen molar-refractivity contribution in [1.82, 2.24) is 5.32 Å². The first-order chi connectivity index (χ1) is 9.06. The molecule has 0 unspecified atom stereocenters. The van der Waals surface area contributed by atoms with Gasteiger partial charge in [-0.05, 0) is 35.9 Å². The lowest BCUT2D eigenvalue weighted by Crippen LogP contribution is -2.22. The maximum atomic E-state index is 13.2. The maximum Gasteiger partial charge on any atom is 0.251 e. The monoisotopic (exact) mass is 278 g/mol. The van der Waals surface area contributed by atoms with E-state index in [1.54, 1.807) is 12.1 Å². The van der Waals surface area contributed by atoms with Crippen LogP contribution in [0.25, 0.3) is 0 Å². The summed E-state index contributed by atoms with van der Waals surface area (Å²) in [5.74, 6) is -0.964. The van der Waals surface area contributed by atoms with Gasteiger partial charge in [0, 0.05) is 17.8 Å². The van der Waals surface area contributed by atoms with Crippen LogP contribution in [-0.4, -0.2) is 5.91 Å².